The van der Waals surface area contributed by atoms with E-state index in [9.17, 15) is 24.6 Å². The van der Waals surface area contributed by atoms with Crippen LogP contribution in [0.25, 0.3) is 0 Å². The van der Waals surface area contributed by atoms with Crippen LogP contribution < -0.4 is 14.8 Å². The van der Waals surface area contributed by atoms with Crippen molar-refractivity contribution in [3.05, 3.63) is 45.6 Å². The summed E-state index contributed by atoms with van der Waals surface area (Å²) in [5, 5.41) is 23.8. The molecule has 0 radical (unpaired) electrons. The summed E-state index contributed by atoms with van der Waals surface area (Å²) in [6.07, 6.45) is 6.15. The predicted molar refractivity (Wildman–Crippen MR) is 167 cm³/mol. The number of nitrogens with zero attached hydrogens (tertiary/aromatic N) is 1. The van der Waals surface area contributed by atoms with E-state index in [-0.39, 0.29) is 43.2 Å². The van der Waals surface area contributed by atoms with Gasteiger partial charge in [-0.3, -0.25) is 14.4 Å². The van der Waals surface area contributed by atoms with Crippen molar-refractivity contribution in [1.82, 2.24) is 10.2 Å². The number of benzene rings is 1. The zero-order chi connectivity index (χ0) is 30.6. The number of carbonyl (C=O) groups excluding carboxylic acids is 3. The summed E-state index contributed by atoms with van der Waals surface area (Å²) in [6, 6.07) is 2.50. The van der Waals surface area contributed by atoms with Crippen LogP contribution in [0, 0.1) is 26.7 Å². The van der Waals surface area contributed by atoms with Gasteiger partial charge in [0.15, 0.2) is 11.5 Å². The van der Waals surface area contributed by atoms with Crippen LogP contribution in [0.2, 0.25) is 0 Å². The fraction of sp³-hybridized carbons (Fsp3) is 0.594. The lowest BCUT2D eigenvalue weighted by Gasteiger charge is -2.61. The number of carbonyl (C=O) groups is 3. The first-order chi connectivity index (χ1) is 20.0. The lowest BCUT2D eigenvalue weighted by atomic mass is 9.45. The summed E-state index contributed by atoms with van der Waals surface area (Å²) in [5.74, 6) is 1.71. The minimum atomic E-state index is -1.14. The van der Waals surface area contributed by atoms with Gasteiger partial charge in [-0.05, 0) is 89.7 Å². The molecule has 0 aliphatic heterocycles. The Morgan fingerprint density at radius 2 is 2.05 bits per heavy atom. The van der Waals surface area contributed by atoms with Crippen molar-refractivity contribution in [1.29, 1.82) is 0 Å². The number of rotatable bonds is 13. The van der Waals surface area contributed by atoms with Crippen LogP contribution >= 0.6 is 22.6 Å². The summed E-state index contributed by atoms with van der Waals surface area (Å²) in [7, 11) is 1.47. The fourth-order valence-electron chi connectivity index (χ4n) is 7.06. The van der Waals surface area contributed by atoms with E-state index in [4.69, 9.17) is 9.47 Å². The number of hydrogen-bond donors (Lipinski definition) is 3. The number of methoxy groups -OCH3 is 1. The van der Waals surface area contributed by atoms with E-state index < -0.39 is 18.2 Å². The molecule has 0 aromatic heterocycles. The van der Waals surface area contributed by atoms with Crippen LogP contribution in [0.1, 0.15) is 62.7 Å². The highest BCUT2D eigenvalue weighted by molar-refractivity contribution is 14.1. The third-order valence-electron chi connectivity index (χ3n) is 9.57. The average molecular weight is 695 g/mol. The molecule has 4 aliphatic rings. The molecule has 3 N–H and O–H groups in total. The molecule has 230 valence electrons. The number of nitrogens with one attached hydrogen (secondary N) is 1. The van der Waals surface area contributed by atoms with Gasteiger partial charge in [-0.1, -0.05) is 19.9 Å². The Bertz CT molecular complexity index is 1210. The van der Waals surface area contributed by atoms with Crippen LogP contribution in [-0.4, -0.2) is 78.3 Å². The lowest BCUT2D eigenvalue weighted by Crippen LogP contribution is -2.59. The molecule has 1 aromatic rings. The number of aldehydes is 1. The SMILES string of the molecule is C=CCCC(=O)N(C[C@@H]1CC[C@H]2C[C@@H]1C2(C)C)[C@@H]1CC(C(=O)NCCO)=C[C@H](Oc2c(I)cc(C=O)cc2OC)[C@H]1O. The zero-order valence-corrected chi connectivity index (χ0v) is 26.8. The van der Waals surface area contributed by atoms with E-state index in [0.717, 1.165) is 25.2 Å². The molecule has 5 rings (SSSR count). The Morgan fingerprint density at radius 1 is 1.29 bits per heavy atom. The number of allylic oxidation sites excluding steroid dienone is 1. The summed E-state index contributed by atoms with van der Waals surface area (Å²) in [6.45, 7) is 8.78. The summed E-state index contributed by atoms with van der Waals surface area (Å²) >= 11 is 2.04. The molecule has 0 spiro atoms. The van der Waals surface area contributed by atoms with E-state index in [1.807, 2.05) is 22.6 Å². The van der Waals surface area contributed by atoms with Gasteiger partial charge in [0, 0.05) is 37.1 Å². The number of ether oxygens (including phenoxy) is 2. The normalized spacial score (nSPS) is 27.6. The van der Waals surface area contributed by atoms with Crippen LogP contribution in [0.5, 0.6) is 11.5 Å². The van der Waals surface area contributed by atoms with Gasteiger partial charge in [-0.15, -0.1) is 6.58 Å². The van der Waals surface area contributed by atoms with Gasteiger partial charge in [0.2, 0.25) is 11.8 Å². The molecule has 42 heavy (non-hydrogen) atoms. The number of aliphatic hydroxyl groups is 2. The van der Waals surface area contributed by atoms with Crippen LogP contribution in [0.3, 0.4) is 0 Å². The standard InChI is InChI=1S/C32H43IN2O7/c1-5-6-7-28(38)35(17-20-8-9-22-16-23(20)32(22,2)3)25-14-21(31(40)34-10-11-36)15-26(29(25)39)42-30-24(33)12-19(18-37)13-27(30)41-4/h5,12-13,15,18,20,22-23,25-26,29,36,39H,1,6-11,14,16-17H2,2-4H3,(H,34,40)/t20-,22-,23-,25+,26-,29-/m0/s1. The van der Waals surface area contributed by atoms with Gasteiger partial charge < -0.3 is 29.9 Å². The second kappa shape index (κ2) is 13.9. The van der Waals surface area contributed by atoms with E-state index in [1.54, 1.807) is 29.2 Å². The molecule has 10 heteroatoms. The molecule has 6 atom stereocenters. The predicted octanol–water partition coefficient (Wildman–Crippen LogP) is 3.89. The maximum Gasteiger partial charge on any atom is 0.247 e. The second-order valence-corrected chi connectivity index (χ2v) is 13.4. The average Bonchev–Trinajstić information content (AvgIpc) is 2.99. The number of amides is 2. The Balaban J connectivity index is 1.69. The van der Waals surface area contributed by atoms with Gasteiger partial charge in [0.1, 0.15) is 18.5 Å². The quantitative estimate of drug-likeness (QED) is 0.163. The largest absolute Gasteiger partial charge is 0.493 e. The van der Waals surface area contributed by atoms with Crippen molar-refractivity contribution in [2.45, 2.75) is 70.6 Å². The molecule has 0 unspecified atom stereocenters. The van der Waals surface area contributed by atoms with E-state index in [2.05, 4.69) is 25.7 Å². The molecule has 0 heterocycles. The summed E-state index contributed by atoms with van der Waals surface area (Å²) < 4.78 is 12.4. The number of halogens is 1. The van der Waals surface area contributed by atoms with Crippen molar-refractivity contribution < 1.29 is 34.1 Å². The van der Waals surface area contributed by atoms with Gasteiger partial charge in [-0.25, -0.2) is 0 Å². The topological polar surface area (TPSA) is 125 Å². The van der Waals surface area contributed by atoms with Crippen molar-refractivity contribution in [2.24, 2.45) is 23.2 Å². The molecule has 0 saturated heterocycles. The van der Waals surface area contributed by atoms with Crippen molar-refractivity contribution >= 4 is 40.7 Å². The number of aliphatic hydroxyl groups excluding tert-OH is 2. The number of fused-ring (bicyclic) bond motifs is 2. The monoisotopic (exact) mass is 694 g/mol. The molecule has 2 amide bonds. The van der Waals surface area contributed by atoms with Crippen LogP contribution in [-0.2, 0) is 9.59 Å². The third-order valence-corrected chi connectivity index (χ3v) is 10.4. The van der Waals surface area contributed by atoms with Crippen molar-refractivity contribution in [3.8, 4) is 11.5 Å². The van der Waals surface area contributed by atoms with Crippen LogP contribution in [0.15, 0.2) is 36.4 Å². The lowest BCUT2D eigenvalue weighted by molar-refractivity contribution is -0.148. The minimum Gasteiger partial charge on any atom is -0.493 e. The second-order valence-electron chi connectivity index (χ2n) is 12.2. The Hall–Kier alpha value is -2.44. The summed E-state index contributed by atoms with van der Waals surface area (Å²) in [4.78, 5) is 40.1. The van der Waals surface area contributed by atoms with Gasteiger partial charge in [0.05, 0.1) is 23.3 Å². The Morgan fingerprint density at radius 3 is 2.67 bits per heavy atom. The van der Waals surface area contributed by atoms with Gasteiger partial charge in [0.25, 0.3) is 0 Å². The first kappa shape index (κ1) is 32.5. The molecular weight excluding hydrogens is 651 g/mol. The molecule has 2 bridgehead atoms. The van der Waals surface area contributed by atoms with Crippen LogP contribution in [0.4, 0.5) is 0 Å². The molecular formula is C32H43IN2O7. The van der Waals surface area contributed by atoms with E-state index in [1.165, 1.54) is 7.11 Å². The highest BCUT2D eigenvalue weighted by Gasteiger charge is 2.55. The van der Waals surface area contributed by atoms with E-state index >= 15 is 0 Å². The first-order valence-corrected chi connectivity index (χ1v) is 15.8. The van der Waals surface area contributed by atoms with Crippen molar-refractivity contribution in [2.75, 3.05) is 26.8 Å². The Kier molecular flexibility index (Phi) is 10.7. The fourth-order valence-corrected chi connectivity index (χ4v) is 7.82. The first-order valence-electron chi connectivity index (χ1n) is 14.7. The molecule has 3 fully saturated rings. The smallest absolute Gasteiger partial charge is 0.247 e. The maximum absolute atomic E-state index is 13.8. The maximum atomic E-state index is 13.8. The molecule has 1 aromatic carbocycles. The molecule has 4 aliphatic carbocycles. The molecule has 9 nitrogen and oxygen atoms in total. The van der Waals surface area contributed by atoms with Crippen molar-refractivity contribution in [3.63, 3.8) is 0 Å². The van der Waals surface area contributed by atoms with Gasteiger partial charge >= 0.3 is 0 Å². The van der Waals surface area contributed by atoms with E-state index in [0.29, 0.717) is 57.3 Å². The number of hydrogen-bond acceptors (Lipinski definition) is 7. The highest BCUT2D eigenvalue weighted by atomic mass is 127. The summed E-state index contributed by atoms with van der Waals surface area (Å²) in [5.41, 5.74) is 1.01. The zero-order valence-electron chi connectivity index (χ0n) is 24.7. The highest BCUT2D eigenvalue weighted by Crippen LogP contribution is 2.61. The minimum absolute atomic E-state index is 0.0791. The molecule has 3 saturated carbocycles. The van der Waals surface area contributed by atoms with Gasteiger partial charge in [-0.2, -0.15) is 0 Å². The Labute approximate surface area is 261 Å². The third kappa shape index (κ3) is 6.70.